The van der Waals surface area contributed by atoms with Gasteiger partial charge in [0.15, 0.2) is 0 Å². The number of carbonyl (C=O) groups excluding carboxylic acids is 2. The van der Waals surface area contributed by atoms with Gasteiger partial charge < -0.3 is 9.63 Å². The van der Waals surface area contributed by atoms with Gasteiger partial charge >= 0.3 is 0 Å². The molecule has 1 aromatic carbocycles. The van der Waals surface area contributed by atoms with Crippen LogP contribution >= 0.6 is 0 Å². The predicted octanol–water partition coefficient (Wildman–Crippen LogP) is 1.72. The molecule has 0 radical (unpaired) electrons. The zero-order chi connectivity index (χ0) is 12.9. The van der Waals surface area contributed by atoms with Gasteiger partial charge in [0.25, 0.3) is 0 Å². The minimum atomic E-state index is -0.414. The molecule has 0 bridgehead atoms. The highest BCUT2D eigenvalue weighted by atomic mass is 16.5. The number of carbonyl (C=O) groups is 2. The Balaban J connectivity index is 2.34. The molecular weight excluding hydrogens is 234 g/mol. The monoisotopic (exact) mass is 243 g/mol. The zero-order valence-electron chi connectivity index (χ0n) is 9.56. The van der Waals surface area contributed by atoms with E-state index in [-0.39, 0.29) is 28.2 Å². The van der Waals surface area contributed by atoms with Gasteiger partial charge in [-0.1, -0.05) is 18.1 Å². The molecule has 3 rings (SSSR count). The summed E-state index contributed by atoms with van der Waals surface area (Å²) >= 11 is 0. The molecular formula is C13H9NO4. The van der Waals surface area contributed by atoms with Gasteiger partial charge in [-0.25, -0.2) is 0 Å². The summed E-state index contributed by atoms with van der Waals surface area (Å²) < 4.78 is 4.96. The van der Waals surface area contributed by atoms with Crippen molar-refractivity contribution in [3.05, 3.63) is 46.3 Å². The topological polar surface area (TPSA) is 80.4 Å². The van der Waals surface area contributed by atoms with Crippen molar-refractivity contribution >= 4 is 11.6 Å². The molecule has 1 aromatic heterocycles. The van der Waals surface area contributed by atoms with Gasteiger partial charge in [-0.2, -0.15) is 0 Å². The van der Waals surface area contributed by atoms with Crippen molar-refractivity contribution in [2.45, 2.75) is 13.3 Å². The lowest BCUT2D eigenvalue weighted by Gasteiger charge is -2.13. The van der Waals surface area contributed by atoms with E-state index in [0.717, 1.165) is 0 Å². The number of rotatable bonds is 1. The van der Waals surface area contributed by atoms with Gasteiger partial charge in [0.2, 0.25) is 17.3 Å². The van der Waals surface area contributed by atoms with E-state index < -0.39 is 11.6 Å². The van der Waals surface area contributed by atoms with Crippen molar-refractivity contribution in [2.75, 3.05) is 0 Å². The molecule has 1 aliphatic rings. The third kappa shape index (κ3) is 1.18. The molecule has 2 aromatic rings. The summed E-state index contributed by atoms with van der Waals surface area (Å²) in [5.41, 5.74) is 0.813. The Bertz CT molecular complexity index is 684. The van der Waals surface area contributed by atoms with Crippen LogP contribution in [-0.2, 0) is 6.42 Å². The van der Waals surface area contributed by atoms with Crippen LogP contribution in [-0.4, -0.2) is 21.8 Å². The SMILES string of the molecule is CCc1noc2c1C(=O)c1c(O)cccc1C2=O. The first kappa shape index (κ1) is 10.7. The van der Waals surface area contributed by atoms with Crippen LogP contribution < -0.4 is 0 Å². The number of phenols is 1. The molecule has 18 heavy (non-hydrogen) atoms. The summed E-state index contributed by atoms with van der Waals surface area (Å²) in [6.45, 7) is 1.82. The maximum absolute atomic E-state index is 12.3. The molecule has 0 amide bonds. The van der Waals surface area contributed by atoms with Crippen molar-refractivity contribution in [1.82, 2.24) is 5.16 Å². The number of aryl methyl sites for hydroxylation is 1. The van der Waals surface area contributed by atoms with Gasteiger partial charge in [-0.3, -0.25) is 9.59 Å². The number of fused-ring (bicyclic) bond motifs is 2. The lowest BCUT2D eigenvalue weighted by Crippen LogP contribution is -2.20. The third-order valence-electron chi connectivity index (χ3n) is 3.05. The first-order chi connectivity index (χ1) is 8.65. The van der Waals surface area contributed by atoms with Crippen molar-refractivity contribution in [3.63, 3.8) is 0 Å². The molecule has 1 aliphatic carbocycles. The molecule has 0 fully saturated rings. The number of nitrogens with zero attached hydrogens (tertiary/aromatic N) is 1. The van der Waals surface area contributed by atoms with E-state index in [1.807, 2.05) is 6.92 Å². The fourth-order valence-corrected chi connectivity index (χ4v) is 2.17. The molecule has 0 aliphatic heterocycles. The smallest absolute Gasteiger partial charge is 0.232 e. The van der Waals surface area contributed by atoms with Crippen LogP contribution in [0.3, 0.4) is 0 Å². The Kier molecular flexibility index (Phi) is 2.10. The van der Waals surface area contributed by atoms with Crippen molar-refractivity contribution in [1.29, 1.82) is 0 Å². The lowest BCUT2D eigenvalue weighted by molar-refractivity contribution is 0.0952. The number of aromatic hydroxyl groups is 1. The van der Waals surface area contributed by atoms with Crippen LogP contribution in [0.5, 0.6) is 5.75 Å². The Morgan fingerprint density at radius 3 is 2.72 bits per heavy atom. The van der Waals surface area contributed by atoms with E-state index in [0.29, 0.717) is 12.1 Å². The zero-order valence-corrected chi connectivity index (χ0v) is 9.56. The van der Waals surface area contributed by atoms with Crippen LogP contribution in [0.15, 0.2) is 22.7 Å². The molecule has 0 spiro atoms. The van der Waals surface area contributed by atoms with E-state index in [2.05, 4.69) is 5.16 Å². The molecule has 90 valence electrons. The maximum Gasteiger partial charge on any atom is 0.232 e. The van der Waals surface area contributed by atoms with E-state index >= 15 is 0 Å². The van der Waals surface area contributed by atoms with Crippen molar-refractivity contribution in [3.8, 4) is 5.75 Å². The van der Waals surface area contributed by atoms with Crippen LogP contribution in [0, 0.1) is 0 Å². The Hall–Kier alpha value is -2.43. The van der Waals surface area contributed by atoms with Crippen molar-refractivity contribution < 1.29 is 19.2 Å². The molecule has 0 unspecified atom stereocenters. The van der Waals surface area contributed by atoms with Crippen molar-refractivity contribution in [2.24, 2.45) is 0 Å². The normalized spacial score (nSPS) is 13.4. The second-order valence-corrected chi connectivity index (χ2v) is 4.04. The highest BCUT2D eigenvalue weighted by molar-refractivity contribution is 6.28. The molecule has 5 heteroatoms. The number of hydrogen-bond acceptors (Lipinski definition) is 5. The second-order valence-electron chi connectivity index (χ2n) is 4.04. The number of ketones is 2. The lowest BCUT2D eigenvalue weighted by atomic mass is 9.86. The minimum absolute atomic E-state index is 0.0325. The Morgan fingerprint density at radius 2 is 2.00 bits per heavy atom. The highest BCUT2D eigenvalue weighted by Gasteiger charge is 2.37. The van der Waals surface area contributed by atoms with Crippen LogP contribution in [0.2, 0.25) is 0 Å². The highest BCUT2D eigenvalue weighted by Crippen LogP contribution is 2.33. The molecule has 0 saturated carbocycles. The van der Waals surface area contributed by atoms with E-state index in [1.165, 1.54) is 18.2 Å². The molecule has 0 atom stereocenters. The fraction of sp³-hybridized carbons (Fsp3) is 0.154. The second kappa shape index (κ2) is 3.53. The van der Waals surface area contributed by atoms with Gasteiger partial charge in [-0.05, 0) is 18.6 Å². The molecule has 1 heterocycles. The number of hydrogen-bond donors (Lipinski definition) is 1. The minimum Gasteiger partial charge on any atom is -0.507 e. The molecule has 5 nitrogen and oxygen atoms in total. The molecule has 1 N–H and O–H groups in total. The number of aromatic nitrogens is 1. The third-order valence-corrected chi connectivity index (χ3v) is 3.05. The van der Waals surface area contributed by atoms with E-state index in [4.69, 9.17) is 4.52 Å². The van der Waals surface area contributed by atoms with E-state index in [1.54, 1.807) is 0 Å². The summed E-state index contributed by atoms with van der Waals surface area (Å²) in [7, 11) is 0. The first-order valence-electron chi connectivity index (χ1n) is 5.55. The van der Waals surface area contributed by atoms with Crippen LogP contribution in [0.1, 0.15) is 44.7 Å². The summed E-state index contributed by atoms with van der Waals surface area (Å²) in [6, 6.07) is 4.39. The number of benzene rings is 1. The maximum atomic E-state index is 12.3. The first-order valence-corrected chi connectivity index (χ1v) is 5.55. The summed E-state index contributed by atoms with van der Waals surface area (Å²) in [5.74, 6) is -1.05. The Labute approximate surface area is 102 Å². The average Bonchev–Trinajstić information content (AvgIpc) is 2.80. The number of phenolic OH excluding ortho intramolecular Hbond substituents is 1. The van der Waals surface area contributed by atoms with Crippen LogP contribution in [0.4, 0.5) is 0 Å². The van der Waals surface area contributed by atoms with Gasteiger partial charge in [-0.15, -0.1) is 0 Å². The summed E-state index contributed by atoms with van der Waals surface area (Å²) in [4.78, 5) is 24.4. The molecule has 0 saturated heterocycles. The summed E-state index contributed by atoms with van der Waals surface area (Å²) in [5, 5.41) is 13.5. The van der Waals surface area contributed by atoms with Gasteiger partial charge in [0.05, 0.1) is 16.8 Å². The quantitative estimate of drug-likeness (QED) is 0.703. The van der Waals surface area contributed by atoms with Gasteiger partial charge in [0.1, 0.15) is 5.75 Å². The Morgan fingerprint density at radius 1 is 1.22 bits per heavy atom. The predicted molar refractivity (Wildman–Crippen MR) is 60.9 cm³/mol. The van der Waals surface area contributed by atoms with Crippen LogP contribution in [0.25, 0.3) is 0 Å². The largest absolute Gasteiger partial charge is 0.507 e. The fourth-order valence-electron chi connectivity index (χ4n) is 2.17. The summed E-state index contributed by atoms with van der Waals surface area (Å²) in [6.07, 6.45) is 0.487. The van der Waals surface area contributed by atoms with Gasteiger partial charge in [0, 0.05) is 5.56 Å². The average molecular weight is 243 g/mol. The standard InChI is InChI=1S/C13H9NO4/c1-2-7-10-12(17)9-6(4-3-5-8(9)15)11(16)13(10)18-14-7/h3-5,15H,2H2,1H3. The van der Waals surface area contributed by atoms with E-state index in [9.17, 15) is 14.7 Å².